The summed E-state index contributed by atoms with van der Waals surface area (Å²) in [5.41, 5.74) is 7.80. The van der Waals surface area contributed by atoms with Crippen LogP contribution in [0.2, 0.25) is 0 Å². The summed E-state index contributed by atoms with van der Waals surface area (Å²) in [6.45, 7) is 6.34. The third-order valence-electron chi connectivity index (χ3n) is 3.87. The molecule has 26 heavy (non-hydrogen) atoms. The summed E-state index contributed by atoms with van der Waals surface area (Å²) in [5, 5.41) is 2.74. The number of fused-ring (bicyclic) bond motifs is 1. The minimum Gasteiger partial charge on any atom is -0.483 e. The van der Waals surface area contributed by atoms with Gasteiger partial charge >= 0.3 is 0 Å². The lowest BCUT2D eigenvalue weighted by molar-refractivity contribution is -0.118. The van der Waals surface area contributed by atoms with Gasteiger partial charge in [0.2, 0.25) is 6.79 Å². The molecule has 1 aliphatic rings. The minimum absolute atomic E-state index is 0. The van der Waals surface area contributed by atoms with Crippen molar-refractivity contribution in [1.29, 1.82) is 0 Å². The Labute approximate surface area is 159 Å². The molecule has 0 fully saturated rings. The monoisotopic (exact) mass is 378 g/mol. The number of ether oxygens (including phenoxy) is 3. The highest BCUT2D eigenvalue weighted by atomic mass is 35.5. The van der Waals surface area contributed by atoms with Crippen LogP contribution in [0.25, 0.3) is 0 Å². The lowest BCUT2D eigenvalue weighted by Gasteiger charge is -2.22. The Morgan fingerprint density at radius 1 is 1.19 bits per heavy atom. The molecule has 0 unspecified atom stereocenters. The highest BCUT2D eigenvalue weighted by Crippen LogP contribution is 2.38. The van der Waals surface area contributed by atoms with E-state index < -0.39 is 0 Å². The Kier molecular flexibility index (Phi) is 5.87. The fraction of sp³-hybridized carbons (Fsp3) is 0.316. The van der Waals surface area contributed by atoms with Crippen molar-refractivity contribution in [1.82, 2.24) is 0 Å². The first-order valence-corrected chi connectivity index (χ1v) is 8.06. The minimum atomic E-state index is -0.297. The van der Waals surface area contributed by atoms with E-state index in [1.54, 1.807) is 12.1 Å². The first-order chi connectivity index (χ1) is 11.8. The van der Waals surface area contributed by atoms with E-state index in [1.165, 1.54) is 0 Å². The van der Waals surface area contributed by atoms with Crippen LogP contribution in [0.5, 0.6) is 17.2 Å². The van der Waals surface area contributed by atoms with Gasteiger partial charge in [-0.1, -0.05) is 39.0 Å². The summed E-state index contributed by atoms with van der Waals surface area (Å²) in [6, 6.07) is 11.0. The van der Waals surface area contributed by atoms with Gasteiger partial charge in [0.15, 0.2) is 18.1 Å². The zero-order chi connectivity index (χ0) is 18.0. The highest BCUT2D eigenvalue weighted by Gasteiger charge is 2.20. The number of halogens is 1. The molecule has 0 atom stereocenters. The van der Waals surface area contributed by atoms with Crippen molar-refractivity contribution in [2.45, 2.75) is 26.2 Å². The van der Waals surface area contributed by atoms with Gasteiger partial charge in [-0.3, -0.25) is 4.79 Å². The number of nitrogens with two attached hydrogens (primary N) is 1. The maximum atomic E-state index is 12.2. The molecule has 1 aliphatic heterocycles. The topological polar surface area (TPSA) is 82.8 Å². The second-order valence-electron chi connectivity index (χ2n) is 6.88. The summed E-state index contributed by atoms with van der Waals surface area (Å²) in [5.74, 6) is 1.53. The molecule has 0 saturated carbocycles. The van der Waals surface area contributed by atoms with Gasteiger partial charge in [0.05, 0.1) is 11.4 Å². The average Bonchev–Trinajstić information content (AvgIpc) is 2.99. The molecule has 1 heterocycles. The van der Waals surface area contributed by atoms with E-state index in [0.29, 0.717) is 28.6 Å². The van der Waals surface area contributed by atoms with Crippen molar-refractivity contribution >= 4 is 29.7 Å². The van der Waals surface area contributed by atoms with Crippen molar-refractivity contribution < 1.29 is 19.0 Å². The number of hydrogen-bond acceptors (Lipinski definition) is 5. The number of rotatable bonds is 4. The molecule has 2 aromatic rings. The number of nitrogens with one attached hydrogen (secondary N) is 1. The van der Waals surface area contributed by atoms with Crippen LogP contribution >= 0.6 is 12.4 Å². The maximum Gasteiger partial charge on any atom is 0.262 e. The number of para-hydroxylation sites is 1. The van der Waals surface area contributed by atoms with Crippen LogP contribution in [0.3, 0.4) is 0 Å². The number of carbonyl (C=O) groups is 1. The van der Waals surface area contributed by atoms with E-state index in [-0.39, 0.29) is 37.1 Å². The lowest BCUT2D eigenvalue weighted by Crippen LogP contribution is -2.22. The molecular weight excluding hydrogens is 356 g/mol. The summed E-state index contributed by atoms with van der Waals surface area (Å²) < 4.78 is 16.3. The Balaban J connectivity index is 0.00000243. The van der Waals surface area contributed by atoms with Crippen LogP contribution in [0.15, 0.2) is 36.4 Å². The molecule has 3 N–H and O–H groups in total. The molecular formula is C19H23ClN2O4. The van der Waals surface area contributed by atoms with Crippen molar-refractivity contribution in [3.05, 3.63) is 42.0 Å². The van der Waals surface area contributed by atoms with E-state index in [4.69, 9.17) is 19.9 Å². The molecule has 2 aromatic carbocycles. The van der Waals surface area contributed by atoms with Crippen LogP contribution in [0.1, 0.15) is 26.3 Å². The second-order valence-corrected chi connectivity index (χ2v) is 6.88. The van der Waals surface area contributed by atoms with Crippen LogP contribution in [-0.4, -0.2) is 19.3 Å². The average molecular weight is 379 g/mol. The fourth-order valence-corrected chi connectivity index (χ4v) is 2.61. The maximum absolute atomic E-state index is 12.2. The van der Waals surface area contributed by atoms with E-state index in [0.717, 1.165) is 5.56 Å². The largest absolute Gasteiger partial charge is 0.483 e. The molecule has 140 valence electrons. The Morgan fingerprint density at radius 2 is 1.85 bits per heavy atom. The molecule has 0 spiro atoms. The predicted octanol–water partition coefficient (Wildman–Crippen LogP) is 3.73. The molecule has 0 radical (unpaired) electrons. The van der Waals surface area contributed by atoms with Crippen LogP contribution in [0.4, 0.5) is 11.4 Å². The quantitative estimate of drug-likeness (QED) is 0.792. The van der Waals surface area contributed by atoms with Crippen molar-refractivity contribution in [2.75, 3.05) is 24.5 Å². The van der Waals surface area contributed by atoms with E-state index in [9.17, 15) is 4.79 Å². The molecule has 0 aliphatic carbocycles. The predicted molar refractivity (Wildman–Crippen MR) is 103 cm³/mol. The summed E-state index contributed by atoms with van der Waals surface area (Å²) >= 11 is 0. The Hall–Kier alpha value is -2.60. The van der Waals surface area contributed by atoms with Gasteiger partial charge in [-0.25, -0.2) is 0 Å². The summed E-state index contributed by atoms with van der Waals surface area (Å²) in [6.07, 6.45) is 0. The number of carbonyl (C=O) groups excluding carboxylic acids is 1. The van der Waals surface area contributed by atoms with Gasteiger partial charge in [0, 0.05) is 12.1 Å². The third-order valence-corrected chi connectivity index (χ3v) is 3.87. The standard InChI is InChI=1S/C19H22N2O4.ClH/c1-19(2,3)12-6-4-5-7-15(12)23-10-18(22)21-14-9-17-16(8-13(14)20)24-11-25-17;/h4-9H,10-11,20H2,1-3H3,(H,21,22);1H. The smallest absolute Gasteiger partial charge is 0.262 e. The highest BCUT2D eigenvalue weighted by molar-refractivity contribution is 5.95. The summed E-state index contributed by atoms with van der Waals surface area (Å²) in [7, 11) is 0. The molecule has 0 bridgehead atoms. The Morgan fingerprint density at radius 3 is 2.54 bits per heavy atom. The van der Waals surface area contributed by atoms with Crippen molar-refractivity contribution in [3.8, 4) is 17.2 Å². The molecule has 0 aromatic heterocycles. The van der Waals surface area contributed by atoms with Gasteiger partial charge in [-0.15, -0.1) is 12.4 Å². The number of nitrogen functional groups attached to an aromatic ring is 1. The van der Waals surface area contributed by atoms with Crippen molar-refractivity contribution in [2.24, 2.45) is 0 Å². The van der Waals surface area contributed by atoms with E-state index in [1.807, 2.05) is 24.3 Å². The molecule has 1 amide bonds. The zero-order valence-corrected chi connectivity index (χ0v) is 15.8. The second kappa shape index (κ2) is 7.74. The lowest BCUT2D eigenvalue weighted by atomic mass is 9.86. The first kappa shape index (κ1) is 19.7. The normalized spacial score (nSPS) is 12.3. The number of amides is 1. The number of benzene rings is 2. The van der Waals surface area contributed by atoms with E-state index >= 15 is 0 Å². The van der Waals surface area contributed by atoms with Gasteiger partial charge < -0.3 is 25.3 Å². The fourth-order valence-electron chi connectivity index (χ4n) is 2.61. The molecule has 0 saturated heterocycles. The van der Waals surface area contributed by atoms with Gasteiger partial charge in [-0.2, -0.15) is 0 Å². The third kappa shape index (κ3) is 4.32. The number of anilines is 2. The SMILES string of the molecule is CC(C)(C)c1ccccc1OCC(=O)Nc1cc2c(cc1N)OCO2.Cl. The van der Waals surface area contributed by atoms with Crippen LogP contribution in [0, 0.1) is 0 Å². The molecule has 3 rings (SSSR count). The summed E-state index contributed by atoms with van der Waals surface area (Å²) in [4.78, 5) is 12.2. The zero-order valence-electron chi connectivity index (χ0n) is 15.0. The van der Waals surface area contributed by atoms with Crippen LogP contribution < -0.4 is 25.3 Å². The van der Waals surface area contributed by atoms with E-state index in [2.05, 4.69) is 26.1 Å². The van der Waals surface area contributed by atoms with Gasteiger partial charge in [0.25, 0.3) is 5.91 Å². The first-order valence-electron chi connectivity index (χ1n) is 8.06. The molecule has 7 heteroatoms. The Bertz CT molecular complexity index is 803. The molecule has 6 nitrogen and oxygen atoms in total. The number of hydrogen-bond donors (Lipinski definition) is 2. The van der Waals surface area contributed by atoms with Gasteiger partial charge in [-0.05, 0) is 17.0 Å². The van der Waals surface area contributed by atoms with Crippen molar-refractivity contribution in [3.63, 3.8) is 0 Å². The van der Waals surface area contributed by atoms with Crippen LogP contribution in [-0.2, 0) is 10.2 Å². The van der Waals surface area contributed by atoms with Gasteiger partial charge in [0.1, 0.15) is 5.75 Å².